The SMILES string of the molecule is CC1(C)C=C(C(O)(c2ccccc2)c2ccccc2)N=N1. The summed E-state index contributed by atoms with van der Waals surface area (Å²) in [5, 5.41) is 20.0. The quantitative estimate of drug-likeness (QED) is 0.904. The number of aliphatic hydroxyl groups is 1. The van der Waals surface area contributed by atoms with E-state index in [4.69, 9.17) is 0 Å². The van der Waals surface area contributed by atoms with Gasteiger partial charge in [-0.3, -0.25) is 0 Å². The highest BCUT2D eigenvalue weighted by molar-refractivity contribution is 5.46. The van der Waals surface area contributed by atoms with Gasteiger partial charge in [-0.25, -0.2) is 0 Å². The van der Waals surface area contributed by atoms with Crippen LogP contribution in [0, 0.1) is 0 Å². The molecular weight excluding hydrogens is 260 g/mol. The molecule has 1 heterocycles. The van der Waals surface area contributed by atoms with Crippen molar-refractivity contribution < 1.29 is 5.11 Å². The lowest BCUT2D eigenvalue weighted by molar-refractivity contribution is 0.119. The van der Waals surface area contributed by atoms with Gasteiger partial charge in [-0.1, -0.05) is 60.7 Å². The fourth-order valence-corrected chi connectivity index (χ4v) is 2.57. The molecule has 3 heteroatoms. The van der Waals surface area contributed by atoms with Gasteiger partial charge in [0.15, 0.2) is 5.60 Å². The average Bonchev–Trinajstić information content (AvgIpc) is 2.89. The van der Waals surface area contributed by atoms with E-state index in [-0.39, 0.29) is 5.54 Å². The van der Waals surface area contributed by atoms with E-state index in [0.29, 0.717) is 5.70 Å². The van der Waals surface area contributed by atoms with Gasteiger partial charge in [0.05, 0.1) is 5.54 Å². The van der Waals surface area contributed by atoms with Gasteiger partial charge in [0.25, 0.3) is 0 Å². The average molecular weight is 278 g/mol. The number of rotatable bonds is 3. The third kappa shape index (κ3) is 2.41. The summed E-state index contributed by atoms with van der Waals surface area (Å²) in [4.78, 5) is 0. The summed E-state index contributed by atoms with van der Waals surface area (Å²) in [7, 11) is 0. The lowest BCUT2D eigenvalue weighted by Crippen LogP contribution is -2.29. The molecule has 0 atom stereocenters. The van der Waals surface area contributed by atoms with Crippen molar-refractivity contribution in [3.63, 3.8) is 0 Å². The van der Waals surface area contributed by atoms with E-state index in [2.05, 4.69) is 10.2 Å². The summed E-state index contributed by atoms with van der Waals surface area (Å²) >= 11 is 0. The Bertz CT molecular complexity index is 648. The molecule has 2 aromatic rings. The van der Waals surface area contributed by atoms with Crippen molar-refractivity contribution >= 4 is 0 Å². The molecule has 0 aliphatic carbocycles. The lowest BCUT2D eigenvalue weighted by Gasteiger charge is -2.28. The van der Waals surface area contributed by atoms with Crippen LogP contribution in [0.4, 0.5) is 0 Å². The Morgan fingerprint density at radius 2 is 1.33 bits per heavy atom. The van der Waals surface area contributed by atoms with Gasteiger partial charge in [0.2, 0.25) is 0 Å². The summed E-state index contributed by atoms with van der Waals surface area (Å²) in [6.07, 6.45) is 1.92. The lowest BCUT2D eigenvalue weighted by atomic mass is 9.82. The first-order chi connectivity index (χ1) is 10.0. The van der Waals surface area contributed by atoms with Crippen LogP contribution < -0.4 is 0 Å². The largest absolute Gasteiger partial charge is 0.374 e. The zero-order chi connectivity index (χ0) is 14.9. The topological polar surface area (TPSA) is 45.0 Å². The maximum Gasteiger partial charge on any atom is 0.158 e. The van der Waals surface area contributed by atoms with Crippen LogP contribution in [-0.2, 0) is 5.60 Å². The van der Waals surface area contributed by atoms with E-state index in [0.717, 1.165) is 11.1 Å². The van der Waals surface area contributed by atoms with Crippen LogP contribution in [0.15, 0.2) is 82.7 Å². The molecule has 106 valence electrons. The first-order valence-corrected chi connectivity index (χ1v) is 7.02. The van der Waals surface area contributed by atoms with E-state index in [1.165, 1.54) is 0 Å². The zero-order valence-corrected chi connectivity index (χ0v) is 12.2. The van der Waals surface area contributed by atoms with Gasteiger partial charge in [-0.15, -0.1) is 0 Å². The summed E-state index contributed by atoms with van der Waals surface area (Å²) in [5.41, 5.74) is 0.496. The third-order valence-electron chi connectivity index (χ3n) is 3.66. The number of azo groups is 1. The Labute approximate surface area is 124 Å². The Kier molecular flexibility index (Phi) is 3.22. The second kappa shape index (κ2) is 4.93. The molecule has 1 aliphatic heterocycles. The Morgan fingerprint density at radius 3 is 1.71 bits per heavy atom. The molecule has 0 saturated carbocycles. The van der Waals surface area contributed by atoms with E-state index in [1.54, 1.807) is 0 Å². The van der Waals surface area contributed by atoms with Crippen molar-refractivity contribution in [1.29, 1.82) is 0 Å². The Balaban J connectivity index is 2.20. The maximum absolute atomic E-state index is 11.5. The molecule has 0 aromatic heterocycles. The number of benzene rings is 2. The summed E-state index contributed by atoms with van der Waals surface area (Å²) < 4.78 is 0. The van der Waals surface area contributed by atoms with Gasteiger partial charge in [-0.2, -0.15) is 10.2 Å². The molecule has 3 nitrogen and oxygen atoms in total. The molecule has 21 heavy (non-hydrogen) atoms. The van der Waals surface area contributed by atoms with Crippen molar-refractivity contribution in [2.75, 3.05) is 0 Å². The molecule has 0 fully saturated rings. The van der Waals surface area contributed by atoms with Crippen LogP contribution in [0.3, 0.4) is 0 Å². The van der Waals surface area contributed by atoms with E-state index < -0.39 is 5.60 Å². The van der Waals surface area contributed by atoms with Crippen LogP contribution in [0.2, 0.25) is 0 Å². The van der Waals surface area contributed by atoms with Crippen LogP contribution in [-0.4, -0.2) is 10.6 Å². The summed E-state index contributed by atoms with van der Waals surface area (Å²) in [6, 6.07) is 19.2. The fraction of sp³-hybridized carbons (Fsp3) is 0.222. The highest BCUT2D eigenvalue weighted by Crippen LogP contribution is 2.41. The van der Waals surface area contributed by atoms with Gasteiger partial charge in [0, 0.05) is 0 Å². The molecule has 1 N–H and O–H groups in total. The monoisotopic (exact) mass is 278 g/mol. The van der Waals surface area contributed by atoms with Crippen LogP contribution >= 0.6 is 0 Å². The Hall–Kier alpha value is -2.26. The Morgan fingerprint density at radius 1 is 0.857 bits per heavy atom. The summed E-state index contributed by atoms with van der Waals surface area (Å²) in [5.74, 6) is 0. The van der Waals surface area contributed by atoms with E-state index >= 15 is 0 Å². The predicted octanol–water partition coefficient (Wildman–Crippen LogP) is 4.05. The first-order valence-electron chi connectivity index (χ1n) is 7.02. The molecule has 0 radical (unpaired) electrons. The first kappa shape index (κ1) is 13.7. The molecule has 1 aliphatic rings. The number of nitrogens with zero attached hydrogens (tertiary/aromatic N) is 2. The van der Waals surface area contributed by atoms with Crippen molar-refractivity contribution in [3.05, 3.63) is 83.6 Å². The van der Waals surface area contributed by atoms with Gasteiger partial charge in [0.1, 0.15) is 5.70 Å². The molecule has 3 rings (SSSR count). The molecule has 2 aromatic carbocycles. The summed E-state index contributed by atoms with van der Waals surface area (Å²) in [6.45, 7) is 3.94. The zero-order valence-electron chi connectivity index (χ0n) is 12.2. The van der Waals surface area contributed by atoms with Crippen molar-refractivity contribution in [1.82, 2.24) is 0 Å². The molecule has 0 bridgehead atoms. The van der Waals surface area contributed by atoms with Gasteiger partial charge < -0.3 is 5.11 Å². The molecule has 0 unspecified atom stereocenters. The number of hydrogen-bond acceptors (Lipinski definition) is 3. The second-order valence-corrected chi connectivity index (χ2v) is 5.83. The second-order valence-electron chi connectivity index (χ2n) is 5.83. The minimum absolute atomic E-state index is 0.382. The van der Waals surface area contributed by atoms with E-state index in [1.807, 2.05) is 80.6 Å². The maximum atomic E-state index is 11.5. The van der Waals surface area contributed by atoms with Crippen molar-refractivity contribution in [3.8, 4) is 0 Å². The minimum atomic E-state index is -1.28. The molecular formula is C18H18N2O. The molecule has 0 saturated heterocycles. The standard InChI is InChI=1S/C18H18N2O/c1-17(2)13-16(19-20-17)18(21,14-9-5-3-6-10-14)15-11-7-4-8-12-15/h3-13,21H,1-2H3. The van der Waals surface area contributed by atoms with Crippen LogP contribution in [0.5, 0.6) is 0 Å². The van der Waals surface area contributed by atoms with Crippen molar-refractivity contribution in [2.24, 2.45) is 10.2 Å². The molecule has 0 spiro atoms. The van der Waals surface area contributed by atoms with Gasteiger partial charge in [-0.05, 0) is 31.1 Å². The number of hydrogen-bond donors (Lipinski definition) is 1. The highest BCUT2D eigenvalue weighted by atomic mass is 16.3. The smallest absolute Gasteiger partial charge is 0.158 e. The van der Waals surface area contributed by atoms with Crippen molar-refractivity contribution in [2.45, 2.75) is 25.0 Å². The normalized spacial score (nSPS) is 16.8. The van der Waals surface area contributed by atoms with Crippen LogP contribution in [0.1, 0.15) is 25.0 Å². The van der Waals surface area contributed by atoms with E-state index in [9.17, 15) is 5.11 Å². The fourth-order valence-electron chi connectivity index (χ4n) is 2.57. The minimum Gasteiger partial charge on any atom is -0.374 e. The predicted molar refractivity (Wildman–Crippen MR) is 82.9 cm³/mol. The highest BCUT2D eigenvalue weighted by Gasteiger charge is 2.40. The third-order valence-corrected chi connectivity index (χ3v) is 3.66. The van der Waals surface area contributed by atoms with Crippen LogP contribution in [0.25, 0.3) is 0 Å². The molecule has 0 amide bonds. The van der Waals surface area contributed by atoms with Gasteiger partial charge >= 0.3 is 0 Å².